The van der Waals surface area contributed by atoms with E-state index in [0.717, 1.165) is 57.8 Å². The Labute approximate surface area is 221 Å². The molecule has 3 atom stereocenters. The van der Waals surface area contributed by atoms with Crippen LogP contribution in [0.1, 0.15) is 110 Å². The third kappa shape index (κ3) is 22.2. The van der Waals surface area contributed by atoms with Gasteiger partial charge in [-0.15, -0.1) is 0 Å². The van der Waals surface area contributed by atoms with E-state index in [2.05, 4.69) is 18.4 Å². The average molecular weight is 554 g/mol. The zero-order chi connectivity index (χ0) is 27.9. The van der Waals surface area contributed by atoms with E-state index in [1.54, 1.807) is 0 Å². The third-order valence-corrected chi connectivity index (χ3v) is 6.56. The number of ether oxygens (including phenoxy) is 2. The zero-order valence-electron chi connectivity index (χ0n) is 22.6. The van der Waals surface area contributed by atoms with E-state index in [0.29, 0.717) is 12.8 Å². The fraction of sp³-hybridized carbons (Fsp3) is 0.880. The molecule has 0 spiro atoms. The molecule has 0 bridgehead atoms. The molecule has 0 saturated heterocycles. The number of phosphoric ester groups is 1. The minimum Gasteiger partial charge on any atom is -0.480 e. The fourth-order valence-electron chi connectivity index (χ4n) is 3.36. The summed E-state index contributed by atoms with van der Waals surface area (Å²) in [6.45, 7) is 2.61. The largest absolute Gasteiger partial charge is 0.480 e. The Morgan fingerprint density at radius 2 is 1.19 bits per heavy atom. The van der Waals surface area contributed by atoms with Crippen LogP contribution in [-0.2, 0) is 37.5 Å². The van der Waals surface area contributed by atoms with Crippen molar-refractivity contribution in [2.24, 2.45) is 5.73 Å². The van der Waals surface area contributed by atoms with Crippen molar-refractivity contribution in [2.75, 3.05) is 19.8 Å². The van der Waals surface area contributed by atoms with Gasteiger partial charge in [0.05, 0.1) is 13.2 Å². The number of hydrogen-bond donors (Lipinski definition) is 3. The highest BCUT2D eigenvalue weighted by Gasteiger charge is 2.28. The first-order valence-corrected chi connectivity index (χ1v) is 15.1. The average Bonchev–Trinajstić information content (AvgIpc) is 2.85. The van der Waals surface area contributed by atoms with Gasteiger partial charge >= 0.3 is 25.7 Å². The summed E-state index contributed by atoms with van der Waals surface area (Å²) in [4.78, 5) is 44.9. The van der Waals surface area contributed by atoms with E-state index in [1.807, 2.05) is 0 Å². The minimum atomic E-state index is -4.68. The fourth-order valence-corrected chi connectivity index (χ4v) is 4.13. The lowest BCUT2D eigenvalue weighted by Crippen LogP contribution is -2.34. The molecule has 3 unspecified atom stereocenters. The first kappa shape index (κ1) is 35.5. The molecule has 0 rings (SSSR count). The molecule has 37 heavy (non-hydrogen) atoms. The van der Waals surface area contributed by atoms with Gasteiger partial charge in [-0.2, -0.15) is 0 Å². The third-order valence-electron chi connectivity index (χ3n) is 5.61. The number of phosphoric acid groups is 1. The van der Waals surface area contributed by atoms with Gasteiger partial charge in [-0.3, -0.25) is 23.4 Å². The maximum atomic E-state index is 12.3. The maximum absolute atomic E-state index is 12.3. The molecule has 0 aliphatic rings. The van der Waals surface area contributed by atoms with Crippen LogP contribution in [0, 0.1) is 0 Å². The monoisotopic (exact) mass is 553 g/mol. The highest BCUT2D eigenvalue weighted by atomic mass is 31.2. The van der Waals surface area contributed by atoms with E-state index in [1.165, 1.54) is 12.8 Å². The number of unbranched alkanes of at least 4 members (excludes halogenated alkanes) is 11. The summed E-state index contributed by atoms with van der Waals surface area (Å²) in [6.07, 6.45) is 12.5. The summed E-state index contributed by atoms with van der Waals surface area (Å²) in [7, 11) is -4.68. The number of carbonyl (C=O) groups is 3. The first-order valence-electron chi connectivity index (χ1n) is 13.6. The molecule has 218 valence electrons. The molecule has 0 amide bonds. The van der Waals surface area contributed by atoms with Gasteiger partial charge < -0.3 is 25.2 Å². The second-order valence-corrected chi connectivity index (χ2v) is 10.6. The van der Waals surface area contributed by atoms with Crippen molar-refractivity contribution in [2.45, 2.75) is 122 Å². The van der Waals surface area contributed by atoms with Crippen LogP contribution < -0.4 is 5.73 Å². The van der Waals surface area contributed by atoms with Gasteiger partial charge in [-0.25, -0.2) is 4.57 Å². The van der Waals surface area contributed by atoms with E-state index >= 15 is 0 Å². The Bertz CT molecular complexity index is 676. The molecular weight excluding hydrogens is 505 g/mol. The summed E-state index contributed by atoms with van der Waals surface area (Å²) >= 11 is 0. The van der Waals surface area contributed by atoms with Crippen molar-refractivity contribution in [3.05, 3.63) is 0 Å². The lowest BCUT2D eigenvalue weighted by molar-refractivity contribution is -0.161. The number of aliphatic carboxylic acids is 1. The number of hydrogen-bond acceptors (Lipinski definition) is 9. The van der Waals surface area contributed by atoms with Crippen LogP contribution in [0.4, 0.5) is 0 Å². The van der Waals surface area contributed by atoms with Crippen LogP contribution in [0.2, 0.25) is 0 Å². The molecule has 0 aromatic carbocycles. The van der Waals surface area contributed by atoms with Gasteiger partial charge in [0.25, 0.3) is 0 Å². The van der Waals surface area contributed by atoms with E-state index in [-0.39, 0.29) is 19.4 Å². The van der Waals surface area contributed by atoms with Crippen molar-refractivity contribution in [3.8, 4) is 0 Å². The van der Waals surface area contributed by atoms with Crippen LogP contribution in [-0.4, -0.2) is 59.9 Å². The predicted molar refractivity (Wildman–Crippen MR) is 139 cm³/mol. The van der Waals surface area contributed by atoms with Crippen molar-refractivity contribution >= 4 is 25.7 Å². The van der Waals surface area contributed by atoms with Crippen molar-refractivity contribution < 1.29 is 47.5 Å². The second kappa shape index (κ2) is 22.5. The predicted octanol–water partition coefficient (Wildman–Crippen LogP) is 4.88. The molecule has 0 fully saturated rings. The first-order chi connectivity index (χ1) is 17.6. The number of carboxylic acid groups (broad SMARTS) is 1. The summed E-state index contributed by atoms with van der Waals surface area (Å²) < 4.78 is 32.0. The van der Waals surface area contributed by atoms with Crippen molar-refractivity contribution in [3.63, 3.8) is 0 Å². The standard InChI is InChI=1S/C25H48NO10P/c1-3-5-7-9-11-13-15-17-24(28)36-21(18-33-23(27)16-14-12-10-8-6-4-2)19-34-37(31,32)35-20-22(26)25(29)30/h21-22H,3-20,26H2,1-2H3,(H,29,30)(H,31,32). The summed E-state index contributed by atoms with van der Waals surface area (Å²) in [5.74, 6) is -2.40. The molecule has 0 saturated carbocycles. The van der Waals surface area contributed by atoms with E-state index in [4.69, 9.17) is 24.8 Å². The zero-order valence-corrected chi connectivity index (χ0v) is 23.5. The van der Waals surface area contributed by atoms with Crippen molar-refractivity contribution in [1.29, 1.82) is 0 Å². The molecule has 12 heteroatoms. The van der Waals surface area contributed by atoms with Crippen LogP contribution in [0.25, 0.3) is 0 Å². The van der Waals surface area contributed by atoms with E-state index in [9.17, 15) is 23.8 Å². The molecule has 0 heterocycles. The minimum absolute atomic E-state index is 0.163. The SMILES string of the molecule is CCCCCCCCCC(=O)OC(COC(=O)CCCCCCCC)COP(=O)(O)OCC(N)C(=O)O. The Morgan fingerprint density at radius 1 is 0.730 bits per heavy atom. The van der Waals surface area contributed by atoms with Crippen LogP contribution >= 0.6 is 7.82 Å². The molecule has 11 nitrogen and oxygen atoms in total. The molecule has 0 aromatic rings. The number of carboxylic acids is 1. The summed E-state index contributed by atoms with van der Waals surface area (Å²) in [6, 6.07) is -1.51. The Kier molecular flexibility index (Phi) is 21.5. The molecule has 0 aliphatic carbocycles. The highest BCUT2D eigenvalue weighted by molar-refractivity contribution is 7.47. The Balaban J connectivity index is 4.63. The smallest absolute Gasteiger partial charge is 0.472 e. The summed E-state index contributed by atoms with van der Waals surface area (Å²) in [5.41, 5.74) is 5.25. The number of rotatable bonds is 25. The number of nitrogens with two attached hydrogens (primary N) is 1. The normalized spacial score (nSPS) is 14.5. The van der Waals surface area contributed by atoms with Gasteiger partial charge in [0.15, 0.2) is 6.10 Å². The highest BCUT2D eigenvalue weighted by Crippen LogP contribution is 2.43. The topological polar surface area (TPSA) is 172 Å². The quantitative estimate of drug-likeness (QED) is 0.0799. The molecule has 4 N–H and O–H groups in total. The van der Waals surface area contributed by atoms with Gasteiger partial charge in [0.2, 0.25) is 0 Å². The lowest BCUT2D eigenvalue weighted by atomic mass is 10.1. The molecule has 0 radical (unpaired) electrons. The lowest BCUT2D eigenvalue weighted by Gasteiger charge is -2.20. The second-order valence-electron chi connectivity index (χ2n) is 9.19. The maximum Gasteiger partial charge on any atom is 0.472 e. The molecular formula is C25H48NO10P. The Hall–Kier alpha value is -1.52. The van der Waals surface area contributed by atoms with Gasteiger partial charge in [-0.05, 0) is 12.8 Å². The van der Waals surface area contributed by atoms with Gasteiger partial charge in [0, 0.05) is 12.8 Å². The van der Waals surface area contributed by atoms with E-state index < -0.39 is 51.1 Å². The van der Waals surface area contributed by atoms with Gasteiger partial charge in [0.1, 0.15) is 12.6 Å². The number of carbonyl (C=O) groups excluding carboxylic acids is 2. The number of esters is 2. The Morgan fingerprint density at radius 3 is 1.70 bits per heavy atom. The summed E-state index contributed by atoms with van der Waals surface area (Å²) in [5, 5.41) is 8.75. The molecule has 0 aliphatic heterocycles. The van der Waals surface area contributed by atoms with Crippen molar-refractivity contribution in [1.82, 2.24) is 0 Å². The van der Waals surface area contributed by atoms with Gasteiger partial charge in [-0.1, -0.05) is 84.5 Å². The molecule has 0 aromatic heterocycles. The van der Waals surface area contributed by atoms with Crippen LogP contribution in [0.15, 0.2) is 0 Å². The van der Waals surface area contributed by atoms with Crippen LogP contribution in [0.5, 0.6) is 0 Å². The van der Waals surface area contributed by atoms with Crippen LogP contribution in [0.3, 0.4) is 0 Å².